The fourth-order valence-corrected chi connectivity index (χ4v) is 0.753. The van der Waals surface area contributed by atoms with E-state index >= 15 is 0 Å². The van der Waals surface area contributed by atoms with Gasteiger partial charge in [0.1, 0.15) is 5.78 Å². The molecule has 0 aromatic rings. The van der Waals surface area contributed by atoms with Crippen molar-refractivity contribution in [3.8, 4) is 0 Å². The number of aliphatic carboxylic acids is 1. The first kappa shape index (κ1) is 17.0. The smallest absolute Gasteiger partial charge is 0.303 e. The quantitative estimate of drug-likeness (QED) is 0.593. The van der Waals surface area contributed by atoms with Crippen molar-refractivity contribution in [2.45, 2.75) is 39.7 Å². The number of hydrogen-bond acceptors (Lipinski definition) is 4. The van der Waals surface area contributed by atoms with Gasteiger partial charge in [-0.15, -0.1) is 0 Å². The maximum atomic E-state index is 11.1. The Bertz CT molecular complexity index is 241. The molecule has 0 saturated heterocycles. The van der Waals surface area contributed by atoms with Crippen LogP contribution in [0.25, 0.3) is 0 Å². The number of ketones is 1. The lowest BCUT2D eigenvalue weighted by Gasteiger charge is -2.09. The van der Waals surface area contributed by atoms with E-state index in [2.05, 4.69) is 5.32 Å². The molecular formula is C10H20N2O4. The number of nitrogens with one attached hydrogen (secondary N) is 1. The maximum absolute atomic E-state index is 11.1. The van der Waals surface area contributed by atoms with Gasteiger partial charge in [-0.25, -0.2) is 0 Å². The van der Waals surface area contributed by atoms with Crippen LogP contribution in [0.5, 0.6) is 0 Å². The Balaban J connectivity index is 0. The van der Waals surface area contributed by atoms with Gasteiger partial charge in [-0.2, -0.15) is 0 Å². The summed E-state index contributed by atoms with van der Waals surface area (Å²) in [6.45, 7) is 5.27. The molecule has 0 spiro atoms. The Labute approximate surface area is 95.2 Å². The van der Waals surface area contributed by atoms with E-state index in [0.717, 1.165) is 0 Å². The number of carboxylic acid groups (broad SMARTS) is 1. The lowest BCUT2D eigenvalue weighted by Crippen LogP contribution is -2.42. The van der Waals surface area contributed by atoms with Crippen LogP contribution in [0, 0.1) is 0 Å². The lowest BCUT2D eigenvalue weighted by molar-refractivity contribution is -0.137. The molecule has 6 heteroatoms. The summed E-state index contributed by atoms with van der Waals surface area (Å²) < 4.78 is 0. The van der Waals surface area contributed by atoms with Gasteiger partial charge in [-0.05, 0) is 13.3 Å². The Morgan fingerprint density at radius 2 is 1.81 bits per heavy atom. The summed E-state index contributed by atoms with van der Waals surface area (Å²) in [5, 5.41) is 10.6. The molecule has 0 rings (SSSR count). The first-order valence-electron chi connectivity index (χ1n) is 5.18. The summed E-state index contributed by atoms with van der Waals surface area (Å²) in [5.74, 6) is -1.68. The standard InChI is InChI=1S/C8H14N2O4.C2H6/c1-5(11)4-10-8(14)6(9)2-3-7(12)13;1-2/h6H,2-4,9H2,1H3,(H,10,14)(H,12,13);1-2H3/t6-;/m0./s1. The normalized spacial score (nSPS) is 10.8. The largest absolute Gasteiger partial charge is 0.481 e. The Kier molecular flexibility index (Phi) is 10.7. The van der Waals surface area contributed by atoms with Crippen LogP contribution >= 0.6 is 0 Å². The third-order valence-electron chi connectivity index (χ3n) is 1.52. The second kappa shape index (κ2) is 10.1. The highest BCUT2D eigenvalue weighted by atomic mass is 16.4. The van der Waals surface area contributed by atoms with E-state index < -0.39 is 17.9 Å². The van der Waals surface area contributed by atoms with Gasteiger partial charge < -0.3 is 16.2 Å². The second-order valence-corrected chi connectivity index (χ2v) is 2.96. The van der Waals surface area contributed by atoms with Crippen LogP contribution in [-0.2, 0) is 14.4 Å². The van der Waals surface area contributed by atoms with E-state index in [1.54, 1.807) is 0 Å². The number of carbonyl (C=O) groups excluding carboxylic acids is 2. The zero-order valence-corrected chi connectivity index (χ0v) is 9.95. The van der Waals surface area contributed by atoms with Crippen molar-refractivity contribution in [1.29, 1.82) is 0 Å². The molecule has 0 aromatic heterocycles. The van der Waals surface area contributed by atoms with E-state index in [1.165, 1.54) is 6.92 Å². The number of amides is 1. The van der Waals surface area contributed by atoms with Crippen LogP contribution < -0.4 is 11.1 Å². The highest BCUT2D eigenvalue weighted by Crippen LogP contribution is 1.94. The first-order chi connectivity index (χ1) is 7.43. The summed E-state index contributed by atoms with van der Waals surface area (Å²) in [6, 6.07) is -0.870. The monoisotopic (exact) mass is 232 g/mol. The van der Waals surface area contributed by atoms with Crippen molar-refractivity contribution >= 4 is 17.7 Å². The molecule has 0 unspecified atom stereocenters. The second-order valence-electron chi connectivity index (χ2n) is 2.96. The van der Waals surface area contributed by atoms with Crippen LogP contribution in [0.1, 0.15) is 33.6 Å². The van der Waals surface area contributed by atoms with Crippen molar-refractivity contribution in [2.75, 3.05) is 6.54 Å². The fourth-order valence-electron chi connectivity index (χ4n) is 0.753. The van der Waals surface area contributed by atoms with Gasteiger partial charge in [0.25, 0.3) is 0 Å². The fraction of sp³-hybridized carbons (Fsp3) is 0.700. The van der Waals surface area contributed by atoms with E-state index in [0.29, 0.717) is 0 Å². The molecule has 0 heterocycles. The minimum Gasteiger partial charge on any atom is -0.481 e. The lowest BCUT2D eigenvalue weighted by atomic mass is 10.1. The minimum absolute atomic E-state index is 0.0685. The minimum atomic E-state index is -1.00. The molecule has 16 heavy (non-hydrogen) atoms. The van der Waals surface area contributed by atoms with Gasteiger partial charge in [0, 0.05) is 6.42 Å². The van der Waals surface area contributed by atoms with E-state index in [9.17, 15) is 14.4 Å². The number of nitrogens with two attached hydrogens (primary N) is 1. The summed E-state index contributed by atoms with van der Waals surface area (Å²) in [6.07, 6.45) is -0.0896. The van der Waals surface area contributed by atoms with Gasteiger partial charge in [-0.1, -0.05) is 13.8 Å². The topological polar surface area (TPSA) is 109 Å². The highest BCUT2D eigenvalue weighted by molar-refractivity contribution is 5.87. The summed E-state index contributed by atoms with van der Waals surface area (Å²) in [7, 11) is 0. The number of carbonyl (C=O) groups is 3. The molecule has 0 saturated carbocycles. The SMILES string of the molecule is CC.CC(=O)CNC(=O)[C@@H](N)CCC(=O)O. The van der Waals surface area contributed by atoms with Crippen molar-refractivity contribution < 1.29 is 19.5 Å². The third-order valence-corrected chi connectivity index (χ3v) is 1.52. The summed E-state index contributed by atoms with van der Waals surface area (Å²) >= 11 is 0. The average molecular weight is 232 g/mol. The van der Waals surface area contributed by atoms with Crippen LogP contribution in [0.2, 0.25) is 0 Å². The molecule has 1 atom stereocenters. The van der Waals surface area contributed by atoms with Crippen LogP contribution in [0.3, 0.4) is 0 Å². The average Bonchev–Trinajstić information content (AvgIpc) is 2.25. The number of Topliss-reactive ketones (excluding diaryl/α,β-unsaturated/α-hetero) is 1. The Morgan fingerprint density at radius 3 is 2.19 bits per heavy atom. The molecule has 94 valence electrons. The van der Waals surface area contributed by atoms with Gasteiger partial charge >= 0.3 is 5.97 Å². The van der Waals surface area contributed by atoms with Gasteiger partial charge in [0.05, 0.1) is 12.6 Å². The van der Waals surface area contributed by atoms with Crippen LogP contribution in [-0.4, -0.2) is 35.4 Å². The zero-order valence-electron chi connectivity index (χ0n) is 9.95. The molecule has 0 aliphatic heterocycles. The molecule has 0 aliphatic carbocycles. The molecule has 0 aromatic carbocycles. The predicted molar refractivity (Wildman–Crippen MR) is 59.9 cm³/mol. The van der Waals surface area contributed by atoms with Gasteiger partial charge in [-0.3, -0.25) is 14.4 Å². The van der Waals surface area contributed by atoms with Crippen LogP contribution in [0.4, 0.5) is 0 Å². The van der Waals surface area contributed by atoms with Crippen LogP contribution in [0.15, 0.2) is 0 Å². The molecule has 0 radical (unpaired) electrons. The summed E-state index contributed by atoms with van der Waals surface area (Å²) in [5.41, 5.74) is 5.37. The van der Waals surface area contributed by atoms with Crippen molar-refractivity contribution in [2.24, 2.45) is 5.73 Å². The summed E-state index contributed by atoms with van der Waals surface area (Å²) in [4.78, 5) is 31.7. The highest BCUT2D eigenvalue weighted by Gasteiger charge is 2.14. The number of carboxylic acids is 1. The van der Waals surface area contributed by atoms with Crippen molar-refractivity contribution in [1.82, 2.24) is 5.32 Å². The number of hydrogen-bond donors (Lipinski definition) is 3. The molecular weight excluding hydrogens is 212 g/mol. The molecule has 0 fully saturated rings. The molecule has 4 N–H and O–H groups in total. The van der Waals surface area contributed by atoms with E-state index in [1.807, 2.05) is 13.8 Å². The Morgan fingerprint density at radius 1 is 1.31 bits per heavy atom. The van der Waals surface area contributed by atoms with Gasteiger partial charge in [0.2, 0.25) is 5.91 Å². The van der Waals surface area contributed by atoms with Crippen molar-refractivity contribution in [3.05, 3.63) is 0 Å². The number of rotatable bonds is 6. The first-order valence-corrected chi connectivity index (χ1v) is 5.18. The molecule has 0 bridgehead atoms. The van der Waals surface area contributed by atoms with Gasteiger partial charge in [0.15, 0.2) is 0 Å². The van der Waals surface area contributed by atoms with E-state index in [-0.39, 0.29) is 25.2 Å². The molecule has 0 aliphatic rings. The van der Waals surface area contributed by atoms with E-state index in [4.69, 9.17) is 10.8 Å². The third kappa shape index (κ3) is 10.6. The predicted octanol–water partition coefficient (Wildman–Crippen LogP) is -0.0901. The Hall–Kier alpha value is -1.43. The van der Waals surface area contributed by atoms with Crippen molar-refractivity contribution in [3.63, 3.8) is 0 Å². The molecule has 6 nitrogen and oxygen atoms in total. The zero-order chi connectivity index (χ0) is 13.1. The molecule has 1 amide bonds. The maximum Gasteiger partial charge on any atom is 0.303 e.